The molecule has 0 radical (unpaired) electrons. The summed E-state index contributed by atoms with van der Waals surface area (Å²) in [6.45, 7) is 1.20. The van der Waals surface area contributed by atoms with Crippen molar-refractivity contribution in [1.82, 2.24) is 14.9 Å². The number of hydrogen-bond acceptors (Lipinski definition) is 4. The van der Waals surface area contributed by atoms with Crippen molar-refractivity contribution in [3.8, 4) is 0 Å². The topological polar surface area (TPSA) is 63.2 Å². The largest absolute Gasteiger partial charge is 0.339 e. The average molecular weight is 295 g/mol. The molecule has 2 aromatic rings. The maximum absolute atomic E-state index is 12.4. The zero-order chi connectivity index (χ0) is 15.4. The number of rotatable bonds is 3. The summed E-state index contributed by atoms with van der Waals surface area (Å²) >= 11 is 0. The lowest BCUT2D eigenvalue weighted by atomic mass is 9.89. The molecule has 1 amide bonds. The second kappa shape index (κ2) is 6.47. The number of hydrogen-bond donors (Lipinski definition) is 0. The number of amides is 1. The van der Waals surface area contributed by atoms with E-state index in [0.717, 1.165) is 0 Å². The van der Waals surface area contributed by atoms with E-state index in [4.69, 9.17) is 0 Å². The molecule has 0 saturated carbocycles. The van der Waals surface area contributed by atoms with Crippen molar-refractivity contribution in [3.63, 3.8) is 0 Å². The van der Waals surface area contributed by atoms with Gasteiger partial charge in [0, 0.05) is 49.4 Å². The van der Waals surface area contributed by atoms with Gasteiger partial charge in [0.05, 0.1) is 5.56 Å². The lowest BCUT2D eigenvalue weighted by Crippen LogP contribution is -2.40. The molecule has 0 unspecified atom stereocenters. The number of nitrogens with zero attached hydrogens (tertiary/aromatic N) is 3. The summed E-state index contributed by atoms with van der Waals surface area (Å²) in [5.41, 5.74) is 1.25. The molecule has 2 aromatic heterocycles. The summed E-state index contributed by atoms with van der Waals surface area (Å²) in [5, 5.41) is 0. The number of Topliss-reactive ketones (excluding diaryl/α,β-unsaturated/α-hetero) is 1. The highest BCUT2D eigenvalue weighted by atomic mass is 16.2. The van der Waals surface area contributed by atoms with Crippen molar-refractivity contribution < 1.29 is 9.59 Å². The minimum Gasteiger partial charge on any atom is -0.339 e. The molecule has 3 rings (SSSR count). The molecule has 0 spiro atoms. The summed E-state index contributed by atoms with van der Waals surface area (Å²) in [7, 11) is 0. The van der Waals surface area contributed by atoms with Crippen LogP contribution in [0.2, 0.25) is 0 Å². The number of carbonyl (C=O) groups is 2. The van der Waals surface area contributed by atoms with Gasteiger partial charge in [-0.3, -0.25) is 19.6 Å². The predicted octanol–water partition coefficient (Wildman–Crippen LogP) is 2.21. The third-order valence-corrected chi connectivity index (χ3v) is 4.01. The molecule has 0 aliphatic carbocycles. The van der Waals surface area contributed by atoms with Crippen LogP contribution in [0.1, 0.15) is 33.6 Å². The highest BCUT2D eigenvalue weighted by Gasteiger charge is 2.28. The van der Waals surface area contributed by atoms with Crippen LogP contribution in [-0.4, -0.2) is 39.6 Å². The van der Waals surface area contributed by atoms with Crippen LogP contribution in [-0.2, 0) is 0 Å². The maximum atomic E-state index is 12.4. The molecule has 1 aliphatic heterocycles. The van der Waals surface area contributed by atoms with Gasteiger partial charge in [-0.2, -0.15) is 0 Å². The van der Waals surface area contributed by atoms with Gasteiger partial charge in [0.25, 0.3) is 5.91 Å². The Hall–Kier alpha value is -2.56. The number of aromatic nitrogens is 2. The van der Waals surface area contributed by atoms with E-state index in [1.165, 1.54) is 0 Å². The summed E-state index contributed by atoms with van der Waals surface area (Å²) in [6, 6.07) is 7.09. The van der Waals surface area contributed by atoms with E-state index in [2.05, 4.69) is 9.97 Å². The van der Waals surface area contributed by atoms with Gasteiger partial charge in [-0.05, 0) is 37.1 Å². The number of ketones is 1. The van der Waals surface area contributed by atoms with Crippen molar-refractivity contribution in [1.29, 1.82) is 0 Å². The lowest BCUT2D eigenvalue weighted by molar-refractivity contribution is 0.0650. The van der Waals surface area contributed by atoms with E-state index in [-0.39, 0.29) is 17.6 Å². The molecule has 0 aromatic carbocycles. The van der Waals surface area contributed by atoms with Gasteiger partial charge >= 0.3 is 0 Å². The molecule has 1 aliphatic rings. The van der Waals surface area contributed by atoms with E-state index in [0.29, 0.717) is 37.1 Å². The van der Waals surface area contributed by atoms with Crippen LogP contribution in [0, 0.1) is 5.92 Å². The number of likely N-dealkylation sites (tertiary alicyclic amines) is 1. The summed E-state index contributed by atoms with van der Waals surface area (Å²) < 4.78 is 0. The predicted molar refractivity (Wildman–Crippen MR) is 81.4 cm³/mol. The Morgan fingerprint density at radius 2 is 1.55 bits per heavy atom. The molecule has 112 valence electrons. The van der Waals surface area contributed by atoms with Crippen molar-refractivity contribution in [3.05, 3.63) is 60.2 Å². The summed E-state index contributed by atoms with van der Waals surface area (Å²) in [5.74, 6) is 0.0871. The van der Waals surface area contributed by atoms with Gasteiger partial charge in [-0.1, -0.05) is 0 Å². The Kier molecular flexibility index (Phi) is 4.23. The van der Waals surface area contributed by atoms with Crippen molar-refractivity contribution in [2.24, 2.45) is 5.92 Å². The SMILES string of the molecule is O=C(c1cccnc1)C1CCN(C(=O)c2cccnc2)CC1. The van der Waals surface area contributed by atoms with Crippen LogP contribution < -0.4 is 0 Å². The Labute approximate surface area is 129 Å². The monoisotopic (exact) mass is 295 g/mol. The van der Waals surface area contributed by atoms with Gasteiger partial charge in [0.2, 0.25) is 0 Å². The Bertz CT molecular complexity index is 591. The van der Waals surface area contributed by atoms with Crippen LogP contribution in [0.25, 0.3) is 0 Å². The average Bonchev–Trinajstić information content (AvgIpc) is 2.62. The quantitative estimate of drug-likeness (QED) is 0.814. The second-order valence-corrected chi connectivity index (χ2v) is 5.41. The van der Waals surface area contributed by atoms with Crippen LogP contribution >= 0.6 is 0 Å². The molecule has 5 heteroatoms. The first-order valence-corrected chi connectivity index (χ1v) is 7.39. The highest BCUT2D eigenvalue weighted by molar-refractivity contribution is 5.98. The van der Waals surface area contributed by atoms with Gasteiger partial charge < -0.3 is 4.90 Å². The summed E-state index contributed by atoms with van der Waals surface area (Å²) in [4.78, 5) is 34.5. The first-order valence-electron chi connectivity index (χ1n) is 7.39. The Balaban J connectivity index is 1.61. The van der Waals surface area contributed by atoms with E-state index >= 15 is 0 Å². The fourth-order valence-corrected chi connectivity index (χ4v) is 2.76. The zero-order valence-electron chi connectivity index (χ0n) is 12.2. The number of piperidine rings is 1. The number of carbonyl (C=O) groups excluding carboxylic acids is 2. The van der Waals surface area contributed by atoms with Gasteiger partial charge in [-0.15, -0.1) is 0 Å². The fourth-order valence-electron chi connectivity index (χ4n) is 2.76. The van der Waals surface area contributed by atoms with Crippen molar-refractivity contribution in [2.75, 3.05) is 13.1 Å². The molecular formula is C17H17N3O2. The first-order chi connectivity index (χ1) is 10.8. The van der Waals surface area contributed by atoms with E-state index < -0.39 is 0 Å². The van der Waals surface area contributed by atoms with Crippen molar-refractivity contribution in [2.45, 2.75) is 12.8 Å². The van der Waals surface area contributed by atoms with Crippen LogP contribution in [0.3, 0.4) is 0 Å². The molecule has 22 heavy (non-hydrogen) atoms. The maximum Gasteiger partial charge on any atom is 0.255 e. The Morgan fingerprint density at radius 3 is 2.09 bits per heavy atom. The highest BCUT2D eigenvalue weighted by Crippen LogP contribution is 2.22. The third kappa shape index (κ3) is 3.03. The van der Waals surface area contributed by atoms with Crippen LogP contribution in [0.5, 0.6) is 0 Å². The van der Waals surface area contributed by atoms with Crippen LogP contribution in [0.4, 0.5) is 0 Å². The van der Waals surface area contributed by atoms with E-state index in [1.54, 1.807) is 54.0 Å². The standard InChI is InChI=1S/C17H17N3O2/c21-16(14-3-1-7-18-11-14)13-5-9-20(10-6-13)17(22)15-4-2-8-19-12-15/h1-4,7-8,11-13H,5-6,9-10H2. The molecule has 5 nitrogen and oxygen atoms in total. The van der Waals surface area contributed by atoms with E-state index in [1.807, 2.05) is 0 Å². The first kappa shape index (κ1) is 14.4. The van der Waals surface area contributed by atoms with Crippen molar-refractivity contribution >= 4 is 11.7 Å². The molecular weight excluding hydrogens is 278 g/mol. The summed E-state index contributed by atoms with van der Waals surface area (Å²) in [6.07, 6.45) is 7.88. The van der Waals surface area contributed by atoms with E-state index in [9.17, 15) is 9.59 Å². The molecule has 0 N–H and O–H groups in total. The van der Waals surface area contributed by atoms with Gasteiger partial charge in [0.1, 0.15) is 0 Å². The fraction of sp³-hybridized carbons (Fsp3) is 0.294. The molecule has 1 saturated heterocycles. The minimum atomic E-state index is -0.0258. The Morgan fingerprint density at radius 1 is 0.955 bits per heavy atom. The molecule has 3 heterocycles. The smallest absolute Gasteiger partial charge is 0.255 e. The normalized spacial score (nSPS) is 15.5. The van der Waals surface area contributed by atoms with Gasteiger partial charge in [0.15, 0.2) is 5.78 Å². The molecule has 0 bridgehead atoms. The van der Waals surface area contributed by atoms with Crippen LogP contribution in [0.15, 0.2) is 49.1 Å². The third-order valence-electron chi connectivity index (χ3n) is 4.01. The zero-order valence-corrected chi connectivity index (χ0v) is 12.2. The number of pyridine rings is 2. The van der Waals surface area contributed by atoms with Gasteiger partial charge in [-0.25, -0.2) is 0 Å². The minimum absolute atomic E-state index is 0.0135. The molecule has 0 atom stereocenters. The second-order valence-electron chi connectivity index (χ2n) is 5.41. The lowest BCUT2D eigenvalue weighted by Gasteiger charge is -2.31. The molecule has 1 fully saturated rings.